The van der Waals surface area contributed by atoms with Crippen molar-refractivity contribution in [1.82, 2.24) is 9.97 Å². The molecular weight excluding hydrogens is 200 g/mol. The number of nitrogens with zero attached hydrogens (tertiary/aromatic N) is 2. The summed E-state index contributed by atoms with van der Waals surface area (Å²) in [5.74, 6) is 0.667. The van der Waals surface area contributed by atoms with Gasteiger partial charge in [0.1, 0.15) is 5.75 Å². The summed E-state index contributed by atoms with van der Waals surface area (Å²) in [4.78, 5) is 7.86. The lowest BCUT2D eigenvalue weighted by molar-refractivity contribution is 0.442. The van der Waals surface area contributed by atoms with Crippen LogP contribution < -0.4 is 4.74 Å². The smallest absolute Gasteiger partial charge is 0.321 e. The van der Waals surface area contributed by atoms with Crippen LogP contribution in [-0.2, 0) is 0 Å². The van der Waals surface area contributed by atoms with Crippen LogP contribution in [0.4, 0.5) is 0 Å². The van der Waals surface area contributed by atoms with Crippen LogP contribution >= 0.6 is 11.6 Å². The quantitative estimate of drug-likeness (QED) is 0.758. The summed E-state index contributed by atoms with van der Waals surface area (Å²) in [7, 11) is 0. The monoisotopic (exact) mass is 206 g/mol. The SMILES string of the molecule is Clc1ccc(Oc2ncccn2)cc1. The highest BCUT2D eigenvalue weighted by Gasteiger charge is 1.97. The summed E-state index contributed by atoms with van der Waals surface area (Å²) < 4.78 is 5.35. The van der Waals surface area contributed by atoms with Crippen LogP contribution in [0.1, 0.15) is 0 Å². The highest BCUT2D eigenvalue weighted by molar-refractivity contribution is 6.30. The molecule has 0 radical (unpaired) electrons. The van der Waals surface area contributed by atoms with Crippen LogP contribution in [0.5, 0.6) is 11.8 Å². The number of rotatable bonds is 2. The first kappa shape index (κ1) is 8.97. The predicted octanol–water partition coefficient (Wildman–Crippen LogP) is 2.92. The van der Waals surface area contributed by atoms with Gasteiger partial charge in [0.15, 0.2) is 0 Å². The fourth-order valence-corrected chi connectivity index (χ4v) is 1.07. The zero-order valence-electron chi connectivity index (χ0n) is 7.22. The summed E-state index contributed by atoms with van der Waals surface area (Å²) >= 11 is 5.73. The Balaban J connectivity index is 2.16. The second-order valence-electron chi connectivity index (χ2n) is 2.59. The molecule has 0 spiro atoms. The fraction of sp³-hybridized carbons (Fsp3) is 0. The van der Waals surface area contributed by atoms with Gasteiger partial charge in [0.05, 0.1) is 0 Å². The number of benzene rings is 1. The molecule has 0 aliphatic heterocycles. The Kier molecular flexibility index (Phi) is 2.60. The molecule has 2 rings (SSSR count). The molecule has 0 amide bonds. The minimum Gasteiger partial charge on any atom is -0.424 e. The van der Waals surface area contributed by atoms with Crippen molar-refractivity contribution in [2.24, 2.45) is 0 Å². The van der Waals surface area contributed by atoms with Crippen LogP contribution in [0.15, 0.2) is 42.7 Å². The Morgan fingerprint density at radius 2 is 1.64 bits per heavy atom. The molecule has 4 heteroatoms. The molecule has 70 valence electrons. The van der Waals surface area contributed by atoms with Crippen molar-refractivity contribution < 1.29 is 4.74 Å². The van der Waals surface area contributed by atoms with Gasteiger partial charge in [0.25, 0.3) is 0 Å². The van der Waals surface area contributed by atoms with Gasteiger partial charge in [-0.25, -0.2) is 9.97 Å². The number of halogens is 1. The van der Waals surface area contributed by atoms with E-state index in [1.54, 1.807) is 42.7 Å². The molecule has 3 nitrogen and oxygen atoms in total. The Morgan fingerprint density at radius 1 is 1.00 bits per heavy atom. The summed E-state index contributed by atoms with van der Waals surface area (Å²) in [6.45, 7) is 0. The first-order chi connectivity index (χ1) is 6.84. The standard InChI is InChI=1S/C10H7ClN2O/c11-8-2-4-9(5-3-8)14-10-12-6-1-7-13-10/h1-7H. The second-order valence-corrected chi connectivity index (χ2v) is 3.02. The molecule has 0 saturated heterocycles. The maximum Gasteiger partial charge on any atom is 0.321 e. The minimum absolute atomic E-state index is 0.329. The lowest BCUT2D eigenvalue weighted by Gasteiger charge is -2.01. The molecule has 1 aromatic carbocycles. The summed E-state index contributed by atoms with van der Waals surface area (Å²) in [6.07, 6.45) is 3.25. The van der Waals surface area contributed by atoms with Crippen molar-refractivity contribution in [2.45, 2.75) is 0 Å². The first-order valence-corrected chi connectivity index (χ1v) is 4.43. The molecule has 2 aromatic rings. The Hall–Kier alpha value is -1.61. The lowest BCUT2D eigenvalue weighted by Crippen LogP contribution is -1.89. The molecule has 0 aliphatic carbocycles. The van der Waals surface area contributed by atoms with Crippen molar-refractivity contribution in [1.29, 1.82) is 0 Å². The van der Waals surface area contributed by atoms with Crippen molar-refractivity contribution in [3.63, 3.8) is 0 Å². The van der Waals surface area contributed by atoms with Gasteiger partial charge in [-0.1, -0.05) is 11.6 Å². The van der Waals surface area contributed by atoms with Crippen LogP contribution in [-0.4, -0.2) is 9.97 Å². The molecular formula is C10H7ClN2O. The summed E-state index contributed by atoms with van der Waals surface area (Å²) in [5, 5.41) is 0.673. The lowest BCUT2D eigenvalue weighted by atomic mass is 10.3. The van der Waals surface area contributed by atoms with Crippen molar-refractivity contribution >= 4 is 11.6 Å². The van der Waals surface area contributed by atoms with E-state index in [1.807, 2.05) is 0 Å². The van der Waals surface area contributed by atoms with Gasteiger partial charge in [-0.2, -0.15) is 0 Å². The van der Waals surface area contributed by atoms with Crippen LogP contribution in [0.25, 0.3) is 0 Å². The largest absolute Gasteiger partial charge is 0.424 e. The van der Waals surface area contributed by atoms with Crippen LogP contribution in [0.2, 0.25) is 5.02 Å². The topological polar surface area (TPSA) is 35.0 Å². The molecule has 1 aromatic heterocycles. The second kappa shape index (κ2) is 4.07. The van der Waals surface area contributed by atoms with E-state index >= 15 is 0 Å². The molecule has 0 N–H and O–H groups in total. The third kappa shape index (κ3) is 2.20. The number of aromatic nitrogens is 2. The summed E-state index contributed by atoms with van der Waals surface area (Å²) in [5.41, 5.74) is 0. The highest BCUT2D eigenvalue weighted by atomic mass is 35.5. The van der Waals surface area contributed by atoms with E-state index in [1.165, 1.54) is 0 Å². The van der Waals surface area contributed by atoms with Gasteiger partial charge in [-0.3, -0.25) is 0 Å². The zero-order chi connectivity index (χ0) is 9.80. The third-order valence-electron chi connectivity index (χ3n) is 1.56. The highest BCUT2D eigenvalue weighted by Crippen LogP contribution is 2.19. The molecule has 0 unspecified atom stereocenters. The molecule has 14 heavy (non-hydrogen) atoms. The Labute approximate surface area is 86.3 Å². The maximum atomic E-state index is 5.73. The minimum atomic E-state index is 0.329. The fourth-order valence-electron chi connectivity index (χ4n) is 0.946. The third-order valence-corrected chi connectivity index (χ3v) is 1.82. The van der Waals surface area contributed by atoms with Gasteiger partial charge in [0, 0.05) is 17.4 Å². The Bertz CT molecular complexity index is 402. The van der Waals surface area contributed by atoms with Gasteiger partial charge < -0.3 is 4.74 Å². The Morgan fingerprint density at radius 3 is 2.29 bits per heavy atom. The summed E-state index contributed by atoms with van der Waals surface area (Å²) in [6, 6.07) is 9.08. The molecule has 0 atom stereocenters. The van der Waals surface area contributed by atoms with E-state index in [-0.39, 0.29) is 0 Å². The molecule has 0 fully saturated rings. The van der Waals surface area contributed by atoms with Gasteiger partial charge >= 0.3 is 6.01 Å². The maximum absolute atomic E-state index is 5.73. The molecule has 0 saturated carbocycles. The molecule has 0 aliphatic rings. The van der Waals surface area contributed by atoms with Gasteiger partial charge in [0.2, 0.25) is 0 Å². The van der Waals surface area contributed by atoms with Gasteiger partial charge in [-0.15, -0.1) is 0 Å². The molecule has 1 heterocycles. The number of hydrogen-bond acceptors (Lipinski definition) is 3. The van der Waals surface area contributed by atoms with E-state index in [2.05, 4.69) is 9.97 Å². The first-order valence-electron chi connectivity index (χ1n) is 4.05. The van der Waals surface area contributed by atoms with E-state index in [9.17, 15) is 0 Å². The average molecular weight is 207 g/mol. The van der Waals surface area contributed by atoms with E-state index in [0.29, 0.717) is 16.8 Å². The van der Waals surface area contributed by atoms with E-state index in [0.717, 1.165) is 0 Å². The van der Waals surface area contributed by atoms with Crippen LogP contribution in [0.3, 0.4) is 0 Å². The number of hydrogen-bond donors (Lipinski definition) is 0. The van der Waals surface area contributed by atoms with Crippen LogP contribution in [0, 0.1) is 0 Å². The molecule has 0 bridgehead atoms. The number of ether oxygens (including phenoxy) is 1. The predicted molar refractivity (Wildman–Crippen MR) is 53.6 cm³/mol. The van der Waals surface area contributed by atoms with Gasteiger partial charge in [-0.05, 0) is 30.3 Å². The van der Waals surface area contributed by atoms with E-state index in [4.69, 9.17) is 16.3 Å². The normalized spacial score (nSPS) is 9.79. The van der Waals surface area contributed by atoms with Crippen molar-refractivity contribution in [2.75, 3.05) is 0 Å². The zero-order valence-corrected chi connectivity index (χ0v) is 7.98. The van der Waals surface area contributed by atoms with Crippen molar-refractivity contribution in [3.8, 4) is 11.8 Å². The average Bonchev–Trinajstić information content (AvgIpc) is 2.23. The van der Waals surface area contributed by atoms with Crippen molar-refractivity contribution in [3.05, 3.63) is 47.7 Å². The van der Waals surface area contributed by atoms with E-state index < -0.39 is 0 Å².